The predicted molar refractivity (Wildman–Crippen MR) is 92.7 cm³/mol. The van der Waals surface area contributed by atoms with Crippen LogP contribution in [-0.4, -0.2) is 12.6 Å². The summed E-state index contributed by atoms with van der Waals surface area (Å²) in [7, 11) is 0. The highest BCUT2D eigenvalue weighted by atomic mass is 16.5. The number of hydrogen-bond acceptors (Lipinski definition) is 3. The Hall–Kier alpha value is -2.59. The van der Waals surface area contributed by atoms with Crippen molar-refractivity contribution < 1.29 is 19.3 Å². The molecule has 0 aliphatic heterocycles. The first-order chi connectivity index (χ1) is 11.7. The number of benzene rings is 2. The number of fused-ring (bicyclic) bond motifs is 1. The summed E-state index contributed by atoms with van der Waals surface area (Å²) in [4.78, 5) is 12.2. The van der Waals surface area contributed by atoms with Crippen LogP contribution in [-0.2, 0) is 11.3 Å². The normalized spacial score (nSPS) is 12.2. The zero-order valence-corrected chi connectivity index (χ0v) is 14.0. The zero-order valence-electron chi connectivity index (χ0n) is 14.0. The zero-order chi connectivity index (χ0) is 16.9. The Bertz CT molecular complexity index is 823. The lowest BCUT2D eigenvalue weighted by atomic mass is 10.1. The molecule has 1 aromatic heterocycles. The van der Waals surface area contributed by atoms with Crippen LogP contribution in [0.15, 0.2) is 59.0 Å². The van der Waals surface area contributed by atoms with Gasteiger partial charge in [0.25, 0.3) is 0 Å². The first-order valence-electron chi connectivity index (χ1n) is 8.26. The van der Waals surface area contributed by atoms with Crippen molar-refractivity contribution in [1.29, 1.82) is 0 Å². The molecule has 0 saturated carbocycles. The molecule has 0 radical (unpaired) electrons. The van der Waals surface area contributed by atoms with E-state index in [0.717, 1.165) is 16.5 Å². The van der Waals surface area contributed by atoms with Crippen molar-refractivity contribution in [3.8, 4) is 0 Å². The molecule has 1 atom stereocenters. The van der Waals surface area contributed by atoms with E-state index in [0.29, 0.717) is 18.9 Å². The maximum absolute atomic E-state index is 12.2. The Balaban J connectivity index is 1.87. The molecule has 0 saturated heterocycles. The van der Waals surface area contributed by atoms with Crippen molar-refractivity contribution in [2.45, 2.75) is 26.4 Å². The molecule has 0 aliphatic rings. The largest absolute Gasteiger partial charge is 0.460 e. The number of para-hydroxylation sites is 1. The number of nitrogens with two attached hydrogens (primary N) is 1. The summed E-state index contributed by atoms with van der Waals surface area (Å²) < 4.78 is 10.9. The summed E-state index contributed by atoms with van der Waals surface area (Å²) in [6.45, 7) is 4.94. The van der Waals surface area contributed by atoms with E-state index >= 15 is 0 Å². The van der Waals surface area contributed by atoms with Crippen molar-refractivity contribution in [3.05, 3.63) is 71.5 Å². The predicted octanol–water partition coefficient (Wildman–Crippen LogP) is 3.43. The van der Waals surface area contributed by atoms with Crippen LogP contribution in [0.1, 0.15) is 41.6 Å². The summed E-state index contributed by atoms with van der Waals surface area (Å²) in [6.07, 6.45) is 0. The quantitative estimate of drug-likeness (QED) is 0.707. The van der Waals surface area contributed by atoms with Crippen LogP contribution < -0.4 is 5.32 Å². The summed E-state index contributed by atoms with van der Waals surface area (Å²) in [5.74, 6) is -0.0842. The van der Waals surface area contributed by atoms with Gasteiger partial charge in [-0.05, 0) is 19.9 Å². The van der Waals surface area contributed by atoms with Crippen LogP contribution in [0, 0.1) is 0 Å². The van der Waals surface area contributed by atoms with E-state index in [1.165, 1.54) is 5.56 Å². The molecule has 0 bridgehead atoms. The van der Waals surface area contributed by atoms with Crippen molar-refractivity contribution in [1.82, 2.24) is 0 Å². The van der Waals surface area contributed by atoms with E-state index in [4.69, 9.17) is 9.15 Å². The van der Waals surface area contributed by atoms with E-state index in [1.807, 2.05) is 42.5 Å². The number of ether oxygens (including phenoxy) is 1. The van der Waals surface area contributed by atoms with Gasteiger partial charge in [-0.25, -0.2) is 4.79 Å². The lowest BCUT2D eigenvalue weighted by Gasteiger charge is -2.11. The number of hydrogen-bond donors (Lipinski definition) is 1. The highest BCUT2D eigenvalue weighted by Crippen LogP contribution is 2.26. The number of carbonyl (C=O) groups excluding carboxylic acids is 1. The molecule has 4 heteroatoms. The van der Waals surface area contributed by atoms with E-state index < -0.39 is 5.97 Å². The van der Waals surface area contributed by atoms with Gasteiger partial charge in [0.05, 0.1) is 12.2 Å². The Labute approximate surface area is 141 Å². The molecular formula is C20H22NO3+. The fourth-order valence-electron chi connectivity index (χ4n) is 2.85. The van der Waals surface area contributed by atoms with Crippen LogP contribution in [0.25, 0.3) is 11.0 Å². The third-order valence-corrected chi connectivity index (χ3v) is 4.16. The van der Waals surface area contributed by atoms with E-state index in [-0.39, 0.29) is 6.04 Å². The second-order valence-electron chi connectivity index (χ2n) is 5.77. The Morgan fingerprint density at radius 3 is 2.58 bits per heavy atom. The van der Waals surface area contributed by atoms with E-state index in [9.17, 15) is 4.79 Å². The summed E-state index contributed by atoms with van der Waals surface area (Å²) in [6, 6.07) is 18.3. The average molecular weight is 324 g/mol. The second kappa shape index (κ2) is 7.32. The smallest absolute Gasteiger partial charge is 0.374 e. The van der Waals surface area contributed by atoms with Gasteiger partial charge in [-0.15, -0.1) is 0 Å². The Morgan fingerprint density at radius 2 is 1.83 bits per heavy atom. The fraction of sp³-hybridized carbons (Fsp3) is 0.250. The maximum atomic E-state index is 12.2. The SMILES string of the molecule is CCOC(=O)c1oc2ccccc2c1C[NH2+][C@H](C)c1ccccc1. The third kappa shape index (κ3) is 3.34. The minimum absolute atomic E-state index is 0.287. The lowest BCUT2D eigenvalue weighted by Crippen LogP contribution is -2.83. The number of carbonyl (C=O) groups is 1. The standard InChI is InChI=1S/C20H21NO3/c1-3-23-20(22)19-17(16-11-7-8-12-18(16)24-19)13-21-14(2)15-9-5-4-6-10-15/h4-12,14,21H,3,13H2,1-2H3/p+1/t14-/m1/s1. The number of rotatable bonds is 6. The van der Waals surface area contributed by atoms with Crippen molar-refractivity contribution in [3.63, 3.8) is 0 Å². The molecule has 24 heavy (non-hydrogen) atoms. The van der Waals surface area contributed by atoms with Crippen LogP contribution >= 0.6 is 0 Å². The summed E-state index contributed by atoms with van der Waals surface area (Å²) in [5.41, 5.74) is 2.87. The van der Waals surface area contributed by atoms with Gasteiger partial charge in [-0.3, -0.25) is 0 Å². The van der Waals surface area contributed by atoms with Gasteiger partial charge in [0.1, 0.15) is 18.2 Å². The van der Waals surface area contributed by atoms with Crippen LogP contribution in [0.5, 0.6) is 0 Å². The fourth-order valence-corrected chi connectivity index (χ4v) is 2.85. The maximum Gasteiger partial charge on any atom is 0.374 e. The van der Waals surface area contributed by atoms with Gasteiger partial charge < -0.3 is 14.5 Å². The molecule has 3 aromatic rings. The highest BCUT2D eigenvalue weighted by Gasteiger charge is 2.23. The Morgan fingerprint density at radius 1 is 1.12 bits per heavy atom. The van der Waals surface area contributed by atoms with Crippen molar-refractivity contribution in [2.75, 3.05) is 6.61 Å². The molecule has 0 aliphatic carbocycles. The van der Waals surface area contributed by atoms with Crippen molar-refractivity contribution in [2.24, 2.45) is 0 Å². The van der Waals surface area contributed by atoms with Gasteiger partial charge in [-0.1, -0.05) is 48.5 Å². The minimum atomic E-state index is -0.399. The van der Waals surface area contributed by atoms with Gasteiger partial charge in [0, 0.05) is 10.9 Å². The molecule has 3 rings (SSSR count). The number of quaternary nitrogens is 1. The average Bonchev–Trinajstić information content (AvgIpc) is 2.99. The molecular weight excluding hydrogens is 302 g/mol. The molecule has 0 fully saturated rings. The third-order valence-electron chi connectivity index (χ3n) is 4.16. The molecule has 0 spiro atoms. The van der Waals surface area contributed by atoms with E-state index in [1.54, 1.807) is 6.92 Å². The van der Waals surface area contributed by atoms with Crippen LogP contribution in [0.2, 0.25) is 0 Å². The summed E-state index contributed by atoms with van der Waals surface area (Å²) in [5, 5.41) is 3.17. The van der Waals surface area contributed by atoms with Gasteiger partial charge in [0.2, 0.25) is 5.76 Å². The molecule has 4 nitrogen and oxygen atoms in total. The molecule has 2 aromatic carbocycles. The van der Waals surface area contributed by atoms with Gasteiger partial charge in [-0.2, -0.15) is 0 Å². The monoisotopic (exact) mass is 324 g/mol. The lowest BCUT2D eigenvalue weighted by molar-refractivity contribution is -0.707. The molecule has 0 unspecified atom stereocenters. The van der Waals surface area contributed by atoms with Crippen LogP contribution in [0.3, 0.4) is 0 Å². The van der Waals surface area contributed by atoms with E-state index in [2.05, 4.69) is 24.4 Å². The second-order valence-corrected chi connectivity index (χ2v) is 5.77. The number of furan rings is 1. The number of esters is 1. The molecule has 2 N–H and O–H groups in total. The van der Waals surface area contributed by atoms with Crippen LogP contribution in [0.4, 0.5) is 0 Å². The first-order valence-corrected chi connectivity index (χ1v) is 8.26. The summed E-state index contributed by atoms with van der Waals surface area (Å²) >= 11 is 0. The molecule has 0 amide bonds. The van der Waals surface area contributed by atoms with Crippen molar-refractivity contribution >= 4 is 16.9 Å². The van der Waals surface area contributed by atoms with Gasteiger partial charge >= 0.3 is 5.97 Å². The highest BCUT2D eigenvalue weighted by molar-refractivity contribution is 5.95. The Kier molecular flexibility index (Phi) is 4.96. The molecule has 124 valence electrons. The topological polar surface area (TPSA) is 56.0 Å². The first kappa shape index (κ1) is 16.3. The molecule has 1 heterocycles. The minimum Gasteiger partial charge on any atom is -0.460 e. The van der Waals surface area contributed by atoms with Gasteiger partial charge in [0.15, 0.2) is 0 Å².